The number of aliphatic imine (C=N–C) groups is 2. The van der Waals surface area contributed by atoms with Gasteiger partial charge in [0, 0.05) is 5.69 Å². The molecule has 5 heteroatoms. The zero-order chi connectivity index (χ0) is 26.6. The lowest BCUT2D eigenvalue weighted by Gasteiger charge is -2.08. The van der Waals surface area contributed by atoms with Gasteiger partial charge in [-0.15, -0.1) is 0 Å². The van der Waals surface area contributed by atoms with Crippen molar-refractivity contribution in [1.29, 1.82) is 0 Å². The van der Waals surface area contributed by atoms with Crippen molar-refractivity contribution in [2.45, 2.75) is 39.5 Å². The van der Waals surface area contributed by atoms with Crippen LogP contribution < -0.4 is 5.32 Å². The molecular formula is C33H33N3O2. The van der Waals surface area contributed by atoms with E-state index in [1.165, 1.54) is 22.3 Å². The molecule has 38 heavy (non-hydrogen) atoms. The molecule has 4 aromatic rings. The van der Waals surface area contributed by atoms with Crippen LogP contribution in [-0.4, -0.2) is 18.7 Å². The summed E-state index contributed by atoms with van der Waals surface area (Å²) in [6.45, 7) is 4.60. The number of unbranched alkanes of at least 4 members (excludes halogenated alkanes) is 1. The molecular weight excluding hydrogens is 470 g/mol. The molecule has 0 aliphatic carbocycles. The second-order valence-corrected chi connectivity index (χ2v) is 9.31. The van der Waals surface area contributed by atoms with Gasteiger partial charge in [0.2, 0.25) is 0 Å². The van der Waals surface area contributed by atoms with Crippen LogP contribution in [-0.2, 0) is 17.6 Å². The molecule has 0 spiro atoms. The largest absolute Gasteiger partial charge is 0.449 e. The van der Waals surface area contributed by atoms with Crippen molar-refractivity contribution in [1.82, 2.24) is 0 Å². The first-order chi connectivity index (χ1) is 18.6. The van der Waals surface area contributed by atoms with Gasteiger partial charge < -0.3 is 4.74 Å². The number of rotatable bonds is 10. The molecule has 0 saturated carbocycles. The Morgan fingerprint density at radius 2 is 1.16 bits per heavy atom. The van der Waals surface area contributed by atoms with Crippen molar-refractivity contribution < 1.29 is 9.53 Å². The van der Waals surface area contributed by atoms with Gasteiger partial charge in [-0.1, -0.05) is 79.6 Å². The SMILES string of the molecule is CCCCOC(=O)Nc1ccc(Cc2ccc(N=C=Nc3ccc(Cc4ccc(C)cc4)cc3)cc2)cc1. The standard InChI is InChI=1S/C33H33N3O2/c1-3-4-21-38-33(37)36-32-19-13-29(14-20-32)23-28-11-17-31(18-12-28)35-24-34-30-15-9-27(10-16-30)22-26-7-5-25(2)6-8-26/h5-20H,3-4,21-23H2,1-2H3,(H,36,37). The van der Waals surface area contributed by atoms with Crippen LogP contribution in [0.1, 0.15) is 47.6 Å². The summed E-state index contributed by atoms with van der Waals surface area (Å²) < 4.78 is 5.13. The van der Waals surface area contributed by atoms with Crippen molar-refractivity contribution in [2.75, 3.05) is 11.9 Å². The minimum Gasteiger partial charge on any atom is -0.449 e. The first-order valence-electron chi connectivity index (χ1n) is 13.0. The zero-order valence-electron chi connectivity index (χ0n) is 22.0. The molecule has 0 aliphatic rings. The maximum Gasteiger partial charge on any atom is 0.411 e. The van der Waals surface area contributed by atoms with Gasteiger partial charge in [-0.25, -0.2) is 4.79 Å². The van der Waals surface area contributed by atoms with E-state index in [4.69, 9.17) is 4.74 Å². The number of hydrogen-bond acceptors (Lipinski definition) is 4. The highest BCUT2D eigenvalue weighted by atomic mass is 16.5. The molecule has 1 N–H and O–H groups in total. The summed E-state index contributed by atoms with van der Waals surface area (Å²) in [5, 5.41) is 2.76. The highest BCUT2D eigenvalue weighted by Crippen LogP contribution is 2.19. The summed E-state index contributed by atoms with van der Waals surface area (Å²) in [7, 11) is 0. The summed E-state index contributed by atoms with van der Waals surface area (Å²) in [5.74, 6) is 0. The highest BCUT2D eigenvalue weighted by molar-refractivity contribution is 5.84. The number of ether oxygens (including phenoxy) is 1. The quantitative estimate of drug-likeness (QED) is 0.174. The van der Waals surface area contributed by atoms with E-state index in [1.54, 1.807) is 0 Å². The van der Waals surface area contributed by atoms with Gasteiger partial charge in [0.1, 0.15) is 6.01 Å². The van der Waals surface area contributed by atoms with Crippen molar-refractivity contribution >= 4 is 29.2 Å². The monoisotopic (exact) mass is 503 g/mol. The Morgan fingerprint density at radius 3 is 1.63 bits per heavy atom. The van der Waals surface area contributed by atoms with E-state index >= 15 is 0 Å². The van der Waals surface area contributed by atoms with Crippen LogP contribution in [0.2, 0.25) is 0 Å². The van der Waals surface area contributed by atoms with Gasteiger partial charge in [-0.3, -0.25) is 5.32 Å². The Morgan fingerprint density at radius 1 is 0.711 bits per heavy atom. The minimum absolute atomic E-state index is 0.416. The summed E-state index contributed by atoms with van der Waals surface area (Å²) in [6, 6.07) is 35.4. The number of nitrogens with one attached hydrogen (secondary N) is 1. The number of nitrogens with zero attached hydrogens (tertiary/aromatic N) is 2. The van der Waals surface area contributed by atoms with Crippen LogP contribution in [0.4, 0.5) is 21.9 Å². The number of benzene rings is 4. The van der Waals surface area contributed by atoms with Crippen molar-refractivity contribution in [3.8, 4) is 0 Å². The molecule has 0 heterocycles. The topological polar surface area (TPSA) is 63.0 Å². The van der Waals surface area contributed by atoms with Crippen molar-refractivity contribution in [3.05, 3.63) is 125 Å². The highest BCUT2D eigenvalue weighted by Gasteiger charge is 2.03. The molecule has 0 radical (unpaired) electrons. The lowest BCUT2D eigenvalue weighted by molar-refractivity contribution is 0.160. The third-order valence-corrected chi connectivity index (χ3v) is 6.10. The Balaban J connectivity index is 1.27. The average molecular weight is 504 g/mol. The Bertz CT molecular complexity index is 1370. The number of carbonyl (C=O) groups is 1. The predicted molar refractivity (Wildman–Crippen MR) is 155 cm³/mol. The molecule has 4 aromatic carbocycles. The second kappa shape index (κ2) is 13.7. The van der Waals surface area contributed by atoms with Gasteiger partial charge in [0.05, 0.1) is 18.0 Å². The third kappa shape index (κ3) is 8.58. The lowest BCUT2D eigenvalue weighted by Crippen LogP contribution is -2.14. The van der Waals surface area contributed by atoms with Crippen LogP contribution in [0, 0.1) is 6.92 Å². The van der Waals surface area contributed by atoms with Gasteiger partial charge in [0.15, 0.2) is 0 Å². The molecule has 0 atom stereocenters. The number of carbonyl (C=O) groups excluding carboxylic acids is 1. The fraction of sp³-hybridized carbons (Fsp3) is 0.212. The maximum absolute atomic E-state index is 11.8. The molecule has 0 saturated heterocycles. The van der Waals surface area contributed by atoms with Gasteiger partial charge in [-0.05, 0) is 84.8 Å². The van der Waals surface area contributed by atoms with Crippen LogP contribution in [0.25, 0.3) is 0 Å². The van der Waals surface area contributed by atoms with E-state index in [0.29, 0.717) is 6.61 Å². The molecule has 0 aliphatic heterocycles. The van der Waals surface area contributed by atoms with Crippen molar-refractivity contribution in [3.63, 3.8) is 0 Å². The third-order valence-electron chi connectivity index (χ3n) is 6.10. The zero-order valence-corrected chi connectivity index (χ0v) is 22.0. The smallest absolute Gasteiger partial charge is 0.411 e. The molecule has 1 amide bonds. The Labute approximate surface area is 225 Å². The molecule has 4 rings (SSSR count). The summed E-state index contributed by atoms with van der Waals surface area (Å²) in [6.07, 6.45) is 3.13. The number of aryl methyl sites for hydroxylation is 1. The van der Waals surface area contributed by atoms with E-state index in [-0.39, 0.29) is 0 Å². The molecule has 0 aromatic heterocycles. The summed E-state index contributed by atoms with van der Waals surface area (Å²) >= 11 is 0. The minimum atomic E-state index is -0.416. The Hall–Kier alpha value is -4.47. The normalized spacial score (nSPS) is 10.4. The second-order valence-electron chi connectivity index (χ2n) is 9.31. The van der Waals surface area contributed by atoms with Gasteiger partial charge in [-0.2, -0.15) is 9.98 Å². The first-order valence-corrected chi connectivity index (χ1v) is 13.0. The van der Waals surface area contributed by atoms with Crippen LogP contribution in [0.5, 0.6) is 0 Å². The molecule has 0 fully saturated rings. The molecule has 5 nitrogen and oxygen atoms in total. The van der Waals surface area contributed by atoms with Gasteiger partial charge in [0.25, 0.3) is 0 Å². The summed E-state index contributed by atoms with van der Waals surface area (Å²) in [5.41, 5.74) is 8.49. The van der Waals surface area contributed by atoms with Crippen LogP contribution in [0.3, 0.4) is 0 Å². The Kier molecular flexibility index (Phi) is 9.61. The summed E-state index contributed by atoms with van der Waals surface area (Å²) in [4.78, 5) is 20.5. The number of anilines is 1. The predicted octanol–water partition coefficient (Wildman–Crippen LogP) is 8.66. The number of amides is 1. The van der Waals surface area contributed by atoms with Crippen molar-refractivity contribution in [2.24, 2.45) is 9.98 Å². The van der Waals surface area contributed by atoms with Gasteiger partial charge >= 0.3 is 6.09 Å². The van der Waals surface area contributed by atoms with E-state index < -0.39 is 6.09 Å². The average Bonchev–Trinajstić information content (AvgIpc) is 2.93. The van der Waals surface area contributed by atoms with E-state index in [1.807, 2.05) is 48.5 Å². The fourth-order valence-electron chi connectivity index (χ4n) is 3.86. The van der Waals surface area contributed by atoms with E-state index in [0.717, 1.165) is 48.3 Å². The van der Waals surface area contributed by atoms with E-state index in [2.05, 4.69) is 83.7 Å². The fourth-order valence-corrected chi connectivity index (χ4v) is 3.86. The maximum atomic E-state index is 11.8. The molecule has 0 bridgehead atoms. The number of hydrogen-bond donors (Lipinski definition) is 1. The first kappa shape index (κ1) is 26.6. The van der Waals surface area contributed by atoms with Crippen LogP contribution >= 0.6 is 0 Å². The lowest BCUT2D eigenvalue weighted by atomic mass is 10.0. The van der Waals surface area contributed by atoms with E-state index in [9.17, 15) is 4.79 Å². The molecule has 0 unspecified atom stereocenters. The van der Waals surface area contributed by atoms with Crippen LogP contribution in [0.15, 0.2) is 107 Å². The molecule has 192 valence electrons.